The topological polar surface area (TPSA) is 38.2 Å². The van der Waals surface area contributed by atoms with Crippen molar-refractivity contribution in [3.8, 4) is 0 Å². The van der Waals surface area contributed by atoms with Crippen molar-refractivity contribution < 1.29 is 4.74 Å². The molecule has 5 heteroatoms. The Kier molecular flexibility index (Phi) is 2.21. The Bertz CT molecular complexity index is 423. The van der Waals surface area contributed by atoms with Gasteiger partial charge in [-0.05, 0) is 25.7 Å². The minimum absolute atomic E-state index is 0.422. The number of aromatic nitrogens is 2. The summed E-state index contributed by atoms with van der Waals surface area (Å²) in [7, 11) is 0. The summed E-state index contributed by atoms with van der Waals surface area (Å²) in [5, 5.41) is 1.13. The first-order valence-corrected chi connectivity index (χ1v) is 7.28. The maximum atomic E-state index is 5.56. The Labute approximate surface area is 105 Å². The fourth-order valence-corrected chi connectivity index (χ4v) is 3.70. The Balaban J connectivity index is 1.51. The summed E-state index contributed by atoms with van der Waals surface area (Å²) in [4.78, 5) is 7.12. The van der Waals surface area contributed by atoms with Crippen LogP contribution in [-0.4, -0.2) is 35.7 Å². The summed E-state index contributed by atoms with van der Waals surface area (Å²) in [5.74, 6) is 1.76. The molecule has 1 aromatic rings. The van der Waals surface area contributed by atoms with Crippen molar-refractivity contribution in [3.05, 3.63) is 5.82 Å². The molecule has 1 atom stereocenters. The van der Waals surface area contributed by atoms with E-state index < -0.39 is 0 Å². The first-order chi connectivity index (χ1) is 8.35. The van der Waals surface area contributed by atoms with Gasteiger partial charge in [-0.1, -0.05) is 0 Å². The van der Waals surface area contributed by atoms with Gasteiger partial charge < -0.3 is 9.64 Å². The molecular weight excluding hydrogens is 234 g/mol. The van der Waals surface area contributed by atoms with Crippen LogP contribution in [0, 0.1) is 5.41 Å². The minimum Gasteiger partial charge on any atom is -0.381 e. The largest absolute Gasteiger partial charge is 0.381 e. The van der Waals surface area contributed by atoms with Crippen LogP contribution in [0.3, 0.4) is 0 Å². The lowest BCUT2D eigenvalue weighted by atomic mass is 9.87. The summed E-state index contributed by atoms with van der Waals surface area (Å²) in [6.45, 7) is 4.13. The fraction of sp³-hybridized carbons (Fsp3) is 0.833. The number of nitrogens with zero attached hydrogens (tertiary/aromatic N) is 3. The van der Waals surface area contributed by atoms with Gasteiger partial charge >= 0.3 is 0 Å². The molecule has 0 aromatic carbocycles. The molecular formula is C12H17N3OS. The molecule has 3 aliphatic rings. The zero-order chi connectivity index (χ0) is 11.3. The van der Waals surface area contributed by atoms with Crippen LogP contribution in [0.2, 0.25) is 0 Å². The second kappa shape index (κ2) is 3.65. The van der Waals surface area contributed by atoms with E-state index in [1.807, 2.05) is 0 Å². The van der Waals surface area contributed by atoms with Crippen molar-refractivity contribution in [2.75, 3.05) is 31.2 Å². The Morgan fingerprint density at radius 3 is 3.06 bits per heavy atom. The average Bonchev–Trinajstić information content (AvgIpc) is 2.84. The molecule has 4 rings (SSSR count). The van der Waals surface area contributed by atoms with Gasteiger partial charge in [-0.3, -0.25) is 0 Å². The number of hydrogen-bond donors (Lipinski definition) is 0. The summed E-state index contributed by atoms with van der Waals surface area (Å²) in [6, 6.07) is 0. The van der Waals surface area contributed by atoms with Gasteiger partial charge in [0.25, 0.3) is 0 Å². The van der Waals surface area contributed by atoms with Crippen molar-refractivity contribution in [3.63, 3.8) is 0 Å². The van der Waals surface area contributed by atoms with Gasteiger partial charge in [0, 0.05) is 42.6 Å². The molecule has 1 aliphatic carbocycles. The third-order valence-electron chi connectivity index (χ3n) is 4.27. The molecule has 2 saturated heterocycles. The lowest BCUT2D eigenvalue weighted by molar-refractivity contribution is 0.160. The zero-order valence-electron chi connectivity index (χ0n) is 9.89. The monoisotopic (exact) mass is 251 g/mol. The SMILES string of the molecule is C1C[C@@]2(CCN(c3nc(C4CC4)ns3)C2)CO1. The zero-order valence-corrected chi connectivity index (χ0v) is 10.7. The molecule has 1 saturated carbocycles. The van der Waals surface area contributed by atoms with Crippen LogP contribution in [-0.2, 0) is 4.74 Å². The van der Waals surface area contributed by atoms with Crippen molar-refractivity contribution in [1.82, 2.24) is 9.36 Å². The van der Waals surface area contributed by atoms with Gasteiger partial charge in [-0.25, -0.2) is 4.98 Å². The molecule has 0 bridgehead atoms. The van der Waals surface area contributed by atoms with Gasteiger partial charge in [0.05, 0.1) is 6.61 Å². The highest BCUT2D eigenvalue weighted by molar-refractivity contribution is 7.09. The molecule has 0 unspecified atom stereocenters. The van der Waals surface area contributed by atoms with Crippen LogP contribution in [0.15, 0.2) is 0 Å². The maximum absolute atomic E-state index is 5.56. The Hall–Kier alpha value is -0.680. The average molecular weight is 251 g/mol. The van der Waals surface area contributed by atoms with Crippen molar-refractivity contribution in [2.24, 2.45) is 5.41 Å². The fourth-order valence-electron chi connectivity index (χ4n) is 2.93. The Morgan fingerprint density at radius 2 is 2.29 bits per heavy atom. The summed E-state index contributed by atoms with van der Waals surface area (Å²) >= 11 is 1.58. The number of ether oxygens (including phenoxy) is 1. The third-order valence-corrected chi connectivity index (χ3v) is 5.06. The van der Waals surface area contributed by atoms with Crippen molar-refractivity contribution in [2.45, 2.75) is 31.6 Å². The number of hydrogen-bond acceptors (Lipinski definition) is 5. The molecule has 3 fully saturated rings. The minimum atomic E-state index is 0.422. The molecule has 3 heterocycles. The predicted molar refractivity (Wildman–Crippen MR) is 66.6 cm³/mol. The van der Waals surface area contributed by atoms with E-state index in [4.69, 9.17) is 9.72 Å². The van der Waals surface area contributed by atoms with Gasteiger partial charge in [0.15, 0.2) is 0 Å². The van der Waals surface area contributed by atoms with Crippen LogP contribution < -0.4 is 4.90 Å². The molecule has 0 N–H and O–H groups in total. The molecule has 0 radical (unpaired) electrons. The highest BCUT2D eigenvalue weighted by Crippen LogP contribution is 2.43. The summed E-state index contributed by atoms with van der Waals surface area (Å²) in [5.41, 5.74) is 0.422. The Morgan fingerprint density at radius 1 is 1.35 bits per heavy atom. The first kappa shape index (κ1) is 10.3. The van der Waals surface area contributed by atoms with E-state index in [2.05, 4.69) is 9.27 Å². The lowest BCUT2D eigenvalue weighted by Crippen LogP contribution is -2.27. The van der Waals surface area contributed by atoms with Gasteiger partial charge in [-0.2, -0.15) is 4.37 Å². The maximum Gasteiger partial charge on any atom is 0.205 e. The van der Waals surface area contributed by atoms with Crippen molar-refractivity contribution >= 4 is 16.7 Å². The summed E-state index contributed by atoms with van der Waals surface area (Å²) in [6.07, 6.45) is 5.05. The van der Waals surface area contributed by atoms with Crippen LogP contribution >= 0.6 is 11.5 Å². The van der Waals surface area contributed by atoms with E-state index in [-0.39, 0.29) is 0 Å². The van der Waals surface area contributed by atoms with Gasteiger partial charge in [-0.15, -0.1) is 0 Å². The van der Waals surface area contributed by atoms with E-state index in [0.717, 1.165) is 37.3 Å². The number of anilines is 1. The van der Waals surface area contributed by atoms with E-state index in [9.17, 15) is 0 Å². The highest BCUT2D eigenvalue weighted by atomic mass is 32.1. The molecule has 17 heavy (non-hydrogen) atoms. The van der Waals surface area contributed by atoms with Crippen LogP contribution in [0.5, 0.6) is 0 Å². The molecule has 2 aliphatic heterocycles. The lowest BCUT2D eigenvalue weighted by Gasteiger charge is -2.21. The van der Waals surface area contributed by atoms with Gasteiger partial charge in [0.1, 0.15) is 5.82 Å². The molecule has 0 amide bonds. The normalized spacial score (nSPS) is 32.8. The number of rotatable bonds is 2. The second-order valence-electron chi connectivity index (χ2n) is 5.68. The highest BCUT2D eigenvalue weighted by Gasteiger charge is 2.42. The quantitative estimate of drug-likeness (QED) is 0.806. The van der Waals surface area contributed by atoms with Crippen LogP contribution in [0.4, 0.5) is 5.13 Å². The standard InChI is InChI=1S/C12H17N3OS/c1-2-9(1)10-13-11(17-14-10)15-5-3-12(7-15)4-6-16-8-12/h9H,1-8H2/t12-/m1/s1. The van der Waals surface area contributed by atoms with E-state index in [1.54, 1.807) is 11.5 Å². The van der Waals surface area contributed by atoms with E-state index in [0.29, 0.717) is 11.3 Å². The van der Waals surface area contributed by atoms with Crippen molar-refractivity contribution in [1.29, 1.82) is 0 Å². The van der Waals surface area contributed by atoms with E-state index >= 15 is 0 Å². The van der Waals surface area contributed by atoms with Crippen LogP contribution in [0.1, 0.15) is 37.4 Å². The third kappa shape index (κ3) is 1.76. The summed E-state index contributed by atoms with van der Waals surface area (Å²) < 4.78 is 10.1. The van der Waals surface area contributed by atoms with Gasteiger partial charge in [0.2, 0.25) is 5.13 Å². The first-order valence-electron chi connectivity index (χ1n) is 6.51. The smallest absolute Gasteiger partial charge is 0.205 e. The molecule has 92 valence electrons. The molecule has 4 nitrogen and oxygen atoms in total. The second-order valence-corrected chi connectivity index (χ2v) is 6.41. The van der Waals surface area contributed by atoms with E-state index in [1.165, 1.54) is 25.7 Å². The molecule has 1 spiro atoms. The predicted octanol–water partition coefficient (Wildman–Crippen LogP) is 2.03. The van der Waals surface area contributed by atoms with Crippen LogP contribution in [0.25, 0.3) is 0 Å². The molecule has 1 aromatic heterocycles.